The first-order chi connectivity index (χ1) is 9.13. The van der Waals surface area contributed by atoms with E-state index in [2.05, 4.69) is 9.97 Å². The molecule has 6 nitrogen and oxygen atoms in total. The number of fused-ring (bicyclic) bond motifs is 1. The van der Waals surface area contributed by atoms with Gasteiger partial charge in [-0.25, -0.2) is 4.79 Å². The molecule has 19 heavy (non-hydrogen) atoms. The number of aromatic amines is 2. The molecule has 0 spiro atoms. The highest BCUT2D eigenvalue weighted by molar-refractivity contribution is 5.81. The molecule has 0 saturated carbocycles. The number of nitro benzene ring substituents is 1. The third-order valence-electron chi connectivity index (χ3n) is 2.91. The number of hydrogen-bond acceptors (Lipinski definition) is 3. The van der Waals surface area contributed by atoms with Gasteiger partial charge in [0.2, 0.25) is 0 Å². The van der Waals surface area contributed by atoms with E-state index >= 15 is 0 Å². The standard InChI is InChI=1S/C13H9N3O3/c17-13-14-11-5-4-9(7-12(11)15-13)8-2-1-3-10(6-8)16(18)19/h1-7H,(H2,14,15,17). The van der Waals surface area contributed by atoms with Crippen molar-refractivity contribution in [3.05, 3.63) is 63.1 Å². The minimum atomic E-state index is -0.430. The Balaban J connectivity index is 2.15. The van der Waals surface area contributed by atoms with Gasteiger partial charge in [0.25, 0.3) is 5.69 Å². The van der Waals surface area contributed by atoms with E-state index in [4.69, 9.17) is 0 Å². The summed E-state index contributed by atoms with van der Waals surface area (Å²) in [6.07, 6.45) is 0. The van der Waals surface area contributed by atoms with Gasteiger partial charge in [-0.1, -0.05) is 18.2 Å². The molecule has 0 bridgehead atoms. The van der Waals surface area contributed by atoms with Crippen LogP contribution < -0.4 is 5.69 Å². The first-order valence-electron chi connectivity index (χ1n) is 5.60. The number of aromatic nitrogens is 2. The van der Waals surface area contributed by atoms with E-state index in [1.807, 2.05) is 6.07 Å². The molecule has 0 aliphatic rings. The summed E-state index contributed by atoms with van der Waals surface area (Å²) in [5, 5.41) is 10.8. The fourth-order valence-corrected chi connectivity index (χ4v) is 2.01. The minimum Gasteiger partial charge on any atom is -0.306 e. The normalized spacial score (nSPS) is 10.7. The van der Waals surface area contributed by atoms with Gasteiger partial charge < -0.3 is 9.97 Å². The van der Waals surface area contributed by atoms with E-state index in [1.54, 1.807) is 24.3 Å². The second kappa shape index (κ2) is 4.09. The predicted octanol–water partition coefficient (Wildman–Crippen LogP) is 2.43. The number of imidazole rings is 1. The number of hydrogen-bond donors (Lipinski definition) is 2. The van der Waals surface area contributed by atoms with Crippen molar-refractivity contribution in [1.29, 1.82) is 0 Å². The molecule has 0 amide bonds. The molecule has 6 heteroatoms. The lowest BCUT2D eigenvalue weighted by Gasteiger charge is -2.01. The van der Waals surface area contributed by atoms with E-state index in [9.17, 15) is 14.9 Å². The molecule has 0 saturated heterocycles. The van der Waals surface area contributed by atoms with Crippen LogP contribution >= 0.6 is 0 Å². The molecule has 0 radical (unpaired) electrons. The van der Waals surface area contributed by atoms with Crippen LogP contribution in [0.3, 0.4) is 0 Å². The minimum absolute atomic E-state index is 0.0418. The Morgan fingerprint density at radius 2 is 1.68 bits per heavy atom. The van der Waals surface area contributed by atoms with Gasteiger partial charge in [0, 0.05) is 12.1 Å². The van der Waals surface area contributed by atoms with Crippen LogP contribution in [-0.4, -0.2) is 14.9 Å². The SMILES string of the molecule is O=c1[nH]c2ccc(-c3cccc([N+](=O)[O-])c3)cc2[nH]1. The van der Waals surface area contributed by atoms with Crippen molar-refractivity contribution in [2.75, 3.05) is 0 Å². The number of benzene rings is 2. The van der Waals surface area contributed by atoms with E-state index in [0.717, 1.165) is 11.1 Å². The fourth-order valence-electron chi connectivity index (χ4n) is 2.01. The summed E-state index contributed by atoms with van der Waals surface area (Å²) in [5.74, 6) is 0. The van der Waals surface area contributed by atoms with Crippen molar-refractivity contribution in [3.8, 4) is 11.1 Å². The highest BCUT2D eigenvalue weighted by Crippen LogP contribution is 2.25. The Bertz CT molecular complexity index is 832. The fraction of sp³-hybridized carbons (Fsp3) is 0. The summed E-state index contributed by atoms with van der Waals surface area (Å²) in [6.45, 7) is 0. The van der Waals surface area contributed by atoms with Crippen LogP contribution in [0, 0.1) is 10.1 Å². The van der Waals surface area contributed by atoms with Crippen molar-refractivity contribution in [1.82, 2.24) is 9.97 Å². The average molecular weight is 255 g/mol. The summed E-state index contributed by atoms with van der Waals surface area (Å²) in [4.78, 5) is 26.8. The van der Waals surface area contributed by atoms with Gasteiger partial charge in [0.05, 0.1) is 16.0 Å². The van der Waals surface area contributed by atoms with E-state index in [-0.39, 0.29) is 11.4 Å². The number of non-ortho nitro benzene ring substituents is 1. The Morgan fingerprint density at radius 3 is 2.47 bits per heavy atom. The highest BCUT2D eigenvalue weighted by atomic mass is 16.6. The Hall–Kier alpha value is -2.89. The van der Waals surface area contributed by atoms with Crippen molar-refractivity contribution in [2.45, 2.75) is 0 Å². The predicted molar refractivity (Wildman–Crippen MR) is 71.0 cm³/mol. The van der Waals surface area contributed by atoms with Crippen molar-refractivity contribution in [3.63, 3.8) is 0 Å². The van der Waals surface area contributed by atoms with Crippen molar-refractivity contribution < 1.29 is 4.92 Å². The summed E-state index contributed by atoms with van der Waals surface area (Å²) >= 11 is 0. The van der Waals surface area contributed by atoms with E-state index in [0.29, 0.717) is 11.0 Å². The first-order valence-corrected chi connectivity index (χ1v) is 5.60. The largest absolute Gasteiger partial charge is 0.323 e. The van der Waals surface area contributed by atoms with Crippen LogP contribution in [0.1, 0.15) is 0 Å². The van der Waals surface area contributed by atoms with Crippen molar-refractivity contribution >= 4 is 16.7 Å². The number of H-pyrrole nitrogens is 2. The Labute approximate surface area is 106 Å². The van der Waals surface area contributed by atoms with E-state index < -0.39 is 4.92 Å². The number of nitro groups is 1. The molecule has 0 fully saturated rings. The van der Waals surface area contributed by atoms with Gasteiger partial charge >= 0.3 is 5.69 Å². The molecule has 0 unspecified atom stereocenters. The molecule has 0 aliphatic carbocycles. The molecule has 1 heterocycles. The monoisotopic (exact) mass is 255 g/mol. The zero-order valence-corrected chi connectivity index (χ0v) is 9.71. The number of nitrogens with zero attached hydrogens (tertiary/aromatic N) is 1. The third-order valence-corrected chi connectivity index (χ3v) is 2.91. The molecule has 2 N–H and O–H groups in total. The Kier molecular flexibility index (Phi) is 2.42. The zero-order valence-electron chi connectivity index (χ0n) is 9.71. The van der Waals surface area contributed by atoms with Crippen LogP contribution in [0.15, 0.2) is 47.3 Å². The lowest BCUT2D eigenvalue weighted by atomic mass is 10.0. The van der Waals surface area contributed by atoms with Gasteiger partial charge in [-0.05, 0) is 23.3 Å². The average Bonchev–Trinajstić information content (AvgIpc) is 2.77. The summed E-state index contributed by atoms with van der Waals surface area (Å²) in [6, 6.07) is 11.7. The lowest BCUT2D eigenvalue weighted by molar-refractivity contribution is -0.384. The van der Waals surface area contributed by atoms with Gasteiger partial charge in [0.1, 0.15) is 0 Å². The molecule has 3 rings (SSSR count). The molecule has 0 aliphatic heterocycles. The molecule has 2 aromatic carbocycles. The molecule has 1 aromatic heterocycles. The third kappa shape index (κ3) is 1.99. The second-order valence-electron chi connectivity index (χ2n) is 4.15. The second-order valence-corrected chi connectivity index (χ2v) is 4.15. The van der Waals surface area contributed by atoms with Gasteiger partial charge in [-0.2, -0.15) is 0 Å². The lowest BCUT2D eigenvalue weighted by Crippen LogP contribution is -1.99. The van der Waals surface area contributed by atoms with Gasteiger partial charge in [-0.15, -0.1) is 0 Å². The smallest absolute Gasteiger partial charge is 0.306 e. The number of rotatable bonds is 2. The summed E-state index contributed by atoms with van der Waals surface area (Å²) in [5.41, 5.74) is 2.70. The maximum Gasteiger partial charge on any atom is 0.323 e. The molecular formula is C13H9N3O3. The summed E-state index contributed by atoms with van der Waals surface area (Å²) in [7, 11) is 0. The molecule has 0 atom stereocenters. The molecule has 94 valence electrons. The highest BCUT2D eigenvalue weighted by Gasteiger charge is 2.08. The molecule has 3 aromatic rings. The van der Waals surface area contributed by atoms with Crippen molar-refractivity contribution in [2.24, 2.45) is 0 Å². The zero-order chi connectivity index (χ0) is 13.4. The maximum absolute atomic E-state index is 11.2. The van der Waals surface area contributed by atoms with E-state index in [1.165, 1.54) is 12.1 Å². The van der Waals surface area contributed by atoms with Crippen LogP contribution in [-0.2, 0) is 0 Å². The van der Waals surface area contributed by atoms with Gasteiger partial charge in [-0.3, -0.25) is 10.1 Å². The maximum atomic E-state index is 11.2. The summed E-state index contributed by atoms with van der Waals surface area (Å²) < 4.78 is 0. The Morgan fingerprint density at radius 1 is 0.947 bits per heavy atom. The number of nitrogens with one attached hydrogen (secondary N) is 2. The topological polar surface area (TPSA) is 91.8 Å². The van der Waals surface area contributed by atoms with Crippen LogP contribution in [0.5, 0.6) is 0 Å². The quantitative estimate of drug-likeness (QED) is 0.544. The van der Waals surface area contributed by atoms with Crippen LogP contribution in [0.4, 0.5) is 5.69 Å². The first kappa shape index (κ1) is 11.2. The van der Waals surface area contributed by atoms with Gasteiger partial charge in [0.15, 0.2) is 0 Å². The molecular weight excluding hydrogens is 246 g/mol. The van der Waals surface area contributed by atoms with Crippen LogP contribution in [0.2, 0.25) is 0 Å². The van der Waals surface area contributed by atoms with Crippen LogP contribution in [0.25, 0.3) is 22.2 Å².